The maximum atomic E-state index is 13.3. The first-order valence-electron chi connectivity index (χ1n) is 11.6. The van der Waals surface area contributed by atoms with Crippen LogP contribution in [0.4, 0.5) is 0 Å². The molecule has 0 aliphatic heterocycles. The molecule has 2 aromatic carbocycles. The van der Waals surface area contributed by atoms with E-state index in [0.29, 0.717) is 50.6 Å². The van der Waals surface area contributed by atoms with Crippen molar-refractivity contribution in [1.29, 1.82) is 0 Å². The third-order valence-electron chi connectivity index (χ3n) is 5.22. The fraction of sp³-hybridized carbons (Fsp3) is 0.462. The van der Waals surface area contributed by atoms with E-state index < -0.39 is 6.04 Å². The van der Waals surface area contributed by atoms with E-state index in [1.54, 1.807) is 11.8 Å². The van der Waals surface area contributed by atoms with E-state index in [0.717, 1.165) is 22.0 Å². The highest BCUT2D eigenvalue weighted by atomic mass is 79.9. The minimum atomic E-state index is -0.563. The van der Waals surface area contributed by atoms with Gasteiger partial charge in [0.1, 0.15) is 6.04 Å². The molecule has 0 aliphatic carbocycles. The number of hydrogen-bond acceptors (Lipinski definition) is 4. The van der Waals surface area contributed by atoms with Crippen LogP contribution in [0.25, 0.3) is 0 Å². The van der Waals surface area contributed by atoms with Crippen LogP contribution in [0.15, 0.2) is 46.9 Å². The van der Waals surface area contributed by atoms with Gasteiger partial charge in [-0.15, -0.1) is 0 Å². The van der Waals surface area contributed by atoms with Crippen LogP contribution in [0.3, 0.4) is 0 Å². The Morgan fingerprint density at radius 1 is 0.970 bits per heavy atom. The van der Waals surface area contributed by atoms with E-state index in [9.17, 15) is 9.59 Å². The smallest absolute Gasteiger partial charge is 0.242 e. The number of rotatable bonds is 13. The number of nitrogens with zero attached hydrogens (tertiary/aromatic N) is 1. The van der Waals surface area contributed by atoms with Crippen molar-refractivity contribution in [2.24, 2.45) is 0 Å². The molecule has 6 nitrogen and oxygen atoms in total. The van der Waals surface area contributed by atoms with Crippen LogP contribution in [-0.2, 0) is 22.6 Å². The summed E-state index contributed by atoms with van der Waals surface area (Å²) in [6.45, 7) is 9.71. The Labute approximate surface area is 205 Å². The molecule has 7 heteroatoms. The largest absolute Gasteiger partial charge is 0.490 e. The molecule has 1 unspecified atom stereocenters. The number of amides is 2. The van der Waals surface area contributed by atoms with Crippen LogP contribution in [0, 0.1) is 0 Å². The normalized spacial score (nSPS) is 11.5. The van der Waals surface area contributed by atoms with Gasteiger partial charge in [-0.25, -0.2) is 0 Å². The molecule has 0 saturated carbocycles. The molecule has 1 atom stereocenters. The molecule has 2 rings (SSSR count). The molecule has 0 heterocycles. The van der Waals surface area contributed by atoms with E-state index in [4.69, 9.17) is 9.47 Å². The minimum absolute atomic E-state index is 0.0658. The van der Waals surface area contributed by atoms with Crippen LogP contribution in [0.5, 0.6) is 11.5 Å². The number of benzene rings is 2. The van der Waals surface area contributed by atoms with Gasteiger partial charge in [-0.3, -0.25) is 9.59 Å². The van der Waals surface area contributed by atoms with Gasteiger partial charge in [-0.1, -0.05) is 41.1 Å². The van der Waals surface area contributed by atoms with Crippen molar-refractivity contribution in [1.82, 2.24) is 10.2 Å². The lowest BCUT2D eigenvalue weighted by molar-refractivity contribution is -0.140. The third-order valence-corrected chi connectivity index (χ3v) is 5.75. The van der Waals surface area contributed by atoms with Crippen molar-refractivity contribution in [2.45, 2.75) is 59.5 Å². The van der Waals surface area contributed by atoms with Gasteiger partial charge in [-0.05, 0) is 69.0 Å². The Balaban J connectivity index is 2.15. The summed E-state index contributed by atoms with van der Waals surface area (Å²) < 4.78 is 12.3. The number of nitrogens with one attached hydrogen (secondary N) is 1. The summed E-state index contributed by atoms with van der Waals surface area (Å²) in [4.78, 5) is 27.6. The molecule has 0 saturated heterocycles. The van der Waals surface area contributed by atoms with Crippen molar-refractivity contribution in [3.05, 3.63) is 58.1 Å². The van der Waals surface area contributed by atoms with Gasteiger partial charge in [-0.2, -0.15) is 0 Å². The molecule has 0 aromatic heterocycles. The molecule has 33 heavy (non-hydrogen) atoms. The molecule has 1 N–H and O–H groups in total. The number of ether oxygens (including phenoxy) is 2. The molecular weight excluding hydrogens is 484 g/mol. The van der Waals surface area contributed by atoms with Crippen LogP contribution in [0.1, 0.15) is 51.7 Å². The summed E-state index contributed by atoms with van der Waals surface area (Å²) in [5.74, 6) is 1.18. The van der Waals surface area contributed by atoms with Gasteiger partial charge in [0.15, 0.2) is 11.5 Å². The van der Waals surface area contributed by atoms with Crippen molar-refractivity contribution in [2.75, 3.05) is 19.8 Å². The SMILES string of the molecule is CCCNC(=O)C(C)N(Cc1ccc(Br)cc1)C(=O)CCc1ccc(OCC)c(OCC)c1. The molecule has 2 amide bonds. The van der Waals surface area contributed by atoms with Gasteiger partial charge in [0.25, 0.3) is 0 Å². The van der Waals surface area contributed by atoms with E-state index in [2.05, 4.69) is 21.2 Å². The highest BCUT2D eigenvalue weighted by Crippen LogP contribution is 2.29. The summed E-state index contributed by atoms with van der Waals surface area (Å²) in [7, 11) is 0. The molecule has 0 aliphatic rings. The van der Waals surface area contributed by atoms with E-state index >= 15 is 0 Å². The fourth-order valence-corrected chi connectivity index (χ4v) is 3.68. The lowest BCUT2D eigenvalue weighted by Crippen LogP contribution is -2.47. The molecule has 2 aromatic rings. The number of carbonyl (C=O) groups is 2. The first-order valence-corrected chi connectivity index (χ1v) is 12.4. The second-order valence-electron chi connectivity index (χ2n) is 7.76. The third kappa shape index (κ3) is 8.39. The van der Waals surface area contributed by atoms with E-state index in [1.165, 1.54) is 0 Å². The average Bonchev–Trinajstić information content (AvgIpc) is 2.81. The Morgan fingerprint density at radius 2 is 1.61 bits per heavy atom. The van der Waals surface area contributed by atoms with Gasteiger partial charge in [0, 0.05) is 24.0 Å². The fourth-order valence-electron chi connectivity index (χ4n) is 3.41. The van der Waals surface area contributed by atoms with Crippen LogP contribution in [0.2, 0.25) is 0 Å². The Morgan fingerprint density at radius 3 is 2.24 bits per heavy atom. The number of carbonyl (C=O) groups excluding carboxylic acids is 2. The van der Waals surface area contributed by atoms with Crippen molar-refractivity contribution in [3.63, 3.8) is 0 Å². The second kappa shape index (κ2) is 13.9. The number of halogens is 1. The van der Waals surface area contributed by atoms with Crippen molar-refractivity contribution in [3.8, 4) is 11.5 Å². The molecule has 0 radical (unpaired) electrons. The Bertz CT molecular complexity index is 902. The summed E-state index contributed by atoms with van der Waals surface area (Å²) in [6.07, 6.45) is 1.69. The maximum Gasteiger partial charge on any atom is 0.242 e. The second-order valence-corrected chi connectivity index (χ2v) is 8.68. The zero-order chi connectivity index (χ0) is 24.2. The Hall–Kier alpha value is -2.54. The van der Waals surface area contributed by atoms with Crippen LogP contribution in [-0.4, -0.2) is 42.5 Å². The Kier molecular flexibility index (Phi) is 11.2. The molecule has 0 spiro atoms. The minimum Gasteiger partial charge on any atom is -0.490 e. The van der Waals surface area contributed by atoms with Gasteiger partial charge in [0.05, 0.1) is 13.2 Å². The van der Waals surface area contributed by atoms with Crippen molar-refractivity contribution >= 4 is 27.7 Å². The summed E-state index contributed by atoms with van der Waals surface area (Å²) >= 11 is 3.44. The van der Waals surface area contributed by atoms with E-state index in [1.807, 2.05) is 63.2 Å². The van der Waals surface area contributed by atoms with Crippen molar-refractivity contribution < 1.29 is 19.1 Å². The first kappa shape index (κ1) is 26.7. The zero-order valence-electron chi connectivity index (χ0n) is 20.0. The van der Waals surface area contributed by atoms with Gasteiger partial charge >= 0.3 is 0 Å². The predicted octanol–water partition coefficient (Wildman–Crippen LogP) is 5.12. The zero-order valence-corrected chi connectivity index (χ0v) is 21.6. The van der Waals surface area contributed by atoms with E-state index in [-0.39, 0.29) is 11.8 Å². The summed E-state index contributed by atoms with van der Waals surface area (Å²) in [5, 5.41) is 2.91. The number of aryl methyl sites for hydroxylation is 1. The van der Waals surface area contributed by atoms with Crippen LogP contribution < -0.4 is 14.8 Å². The lowest BCUT2D eigenvalue weighted by atomic mass is 10.1. The maximum absolute atomic E-state index is 13.3. The summed E-state index contributed by atoms with van der Waals surface area (Å²) in [6, 6.07) is 13.0. The highest BCUT2D eigenvalue weighted by Gasteiger charge is 2.25. The average molecular weight is 519 g/mol. The molecule has 0 bridgehead atoms. The number of hydrogen-bond donors (Lipinski definition) is 1. The quantitative estimate of drug-likeness (QED) is 0.399. The molecule has 0 fully saturated rings. The molecular formula is C26H35BrN2O4. The monoisotopic (exact) mass is 518 g/mol. The van der Waals surface area contributed by atoms with Crippen LogP contribution >= 0.6 is 15.9 Å². The standard InChI is InChI=1S/C26H35BrN2O4/c1-5-16-28-26(31)19(4)29(18-21-8-12-22(27)13-9-21)25(30)15-11-20-10-14-23(32-6-2)24(17-20)33-7-3/h8-10,12-14,17,19H,5-7,11,15-16,18H2,1-4H3,(H,28,31). The topological polar surface area (TPSA) is 67.9 Å². The molecule has 180 valence electrons. The summed E-state index contributed by atoms with van der Waals surface area (Å²) in [5.41, 5.74) is 1.96. The van der Waals surface area contributed by atoms with Gasteiger partial charge in [0.2, 0.25) is 11.8 Å². The van der Waals surface area contributed by atoms with Gasteiger partial charge < -0.3 is 19.7 Å². The first-order chi connectivity index (χ1) is 15.9. The predicted molar refractivity (Wildman–Crippen MR) is 135 cm³/mol. The lowest BCUT2D eigenvalue weighted by Gasteiger charge is -2.29. The highest BCUT2D eigenvalue weighted by molar-refractivity contribution is 9.10.